The molecule has 0 unspecified atom stereocenters. The molecule has 0 saturated carbocycles. The molecule has 120 valence electrons. The molecule has 5 nitrogen and oxygen atoms in total. The van der Waals surface area contributed by atoms with Gasteiger partial charge in [-0.15, -0.1) is 0 Å². The summed E-state index contributed by atoms with van der Waals surface area (Å²) in [6.07, 6.45) is 0.916. The number of methoxy groups -OCH3 is 1. The van der Waals surface area contributed by atoms with Gasteiger partial charge in [0.25, 0.3) is 0 Å². The lowest BCUT2D eigenvalue weighted by molar-refractivity contribution is 0.173. The second-order valence-electron chi connectivity index (χ2n) is 5.69. The van der Waals surface area contributed by atoms with Gasteiger partial charge in [-0.05, 0) is 24.1 Å². The minimum absolute atomic E-state index is 0.257. The van der Waals surface area contributed by atoms with E-state index in [-0.39, 0.29) is 6.04 Å². The molecule has 0 aliphatic carbocycles. The number of benzene rings is 2. The van der Waals surface area contributed by atoms with Crippen molar-refractivity contribution in [1.82, 2.24) is 5.32 Å². The fourth-order valence-corrected chi connectivity index (χ4v) is 3.07. The fourth-order valence-electron chi connectivity index (χ4n) is 3.07. The highest BCUT2D eigenvalue weighted by Gasteiger charge is 2.23. The Morgan fingerprint density at radius 3 is 2.91 bits per heavy atom. The Kier molecular flexibility index (Phi) is 3.71. The standard InChI is InChI=1S/C18H19NO4/c1-20-15-6-2-4-12-8-14(10-21-17(12)15)19-9-13-5-3-7-16-18(13)23-11-22-16/h2-7,14,19H,8-11H2,1H3/t14-/m0/s1. The van der Waals surface area contributed by atoms with Crippen LogP contribution in [0.15, 0.2) is 36.4 Å². The van der Waals surface area contributed by atoms with E-state index in [0.717, 1.165) is 41.5 Å². The van der Waals surface area contributed by atoms with Crippen LogP contribution in [-0.4, -0.2) is 26.6 Å². The van der Waals surface area contributed by atoms with Gasteiger partial charge in [0.1, 0.15) is 6.61 Å². The largest absolute Gasteiger partial charge is 0.493 e. The van der Waals surface area contributed by atoms with Gasteiger partial charge in [0.05, 0.1) is 7.11 Å². The van der Waals surface area contributed by atoms with E-state index in [1.54, 1.807) is 7.11 Å². The average Bonchev–Trinajstić information content (AvgIpc) is 3.08. The minimum atomic E-state index is 0.257. The van der Waals surface area contributed by atoms with Crippen molar-refractivity contribution in [3.05, 3.63) is 47.5 Å². The van der Waals surface area contributed by atoms with Crippen LogP contribution in [0.2, 0.25) is 0 Å². The lowest BCUT2D eigenvalue weighted by Gasteiger charge is -2.27. The number of fused-ring (bicyclic) bond motifs is 2. The zero-order chi connectivity index (χ0) is 15.6. The van der Waals surface area contributed by atoms with Gasteiger partial charge in [0.2, 0.25) is 6.79 Å². The summed E-state index contributed by atoms with van der Waals surface area (Å²) in [6.45, 7) is 1.64. The van der Waals surface area contributed by atoms with E-state index in [1.165, 1.54) is 5.56 Å². The van der Waals surface area contributed by atoms with Crippen LogP contribution >= 0.6 is 0 Å². The molecule has 0 spiro atoms. The van der Waals surface area contributed by atoms with E-state index in [1.807, 2.05) is 24.3 Å². The maximum atomic E-state index is 5.90. The Labute approximate surface area is 135 Å². The number of ether oxygens (including phenoxy) is 4. The van der Waals surface area contributed by atoms with E-state index < -0.39 is 0 Å². The Hall–Kier alpha value is -2.40. The average molecular weight is 313 g/mol. The van der Waals surface area contributed by atoms with E-state index in [2.05, 4.69) is 17.4 Å². The first-order valence-electron chi connectivity index (χ1n) is 7.74. The number of rotatable bonds is 4. The van der Waals surface area contributed by atoms with Crippen molar-refractivity contribution in [2.75, 3.05) is 20.5 Å². The van der Waals surface area contributed by atoms with E-state index in [0.29, 0.717) is 13.4 Å². The molecule has 2 aromatic rings. The van der Waals surface area contributed by atoms with Crippen molar-refractivity contribution in [2.45, 2.75) is 19.0 Å². The first-order chi connectivity index (χ1) is 11.3. The van der Waals surface area contributed by atoms with Crippen molar-refractivity contribution in [3.63, 3.8) is 0 Å². The molecule has 1 atom stereocenters. The van der Waals surface area contributed by atoms with E-state index in [9.17, 15) is 0 Å². The van der Waals surface area contributed by atoms with Crippen LogP contribution in [0.4, 0.5) is 0 Å². The zero-order valence-corrected chi connectivity index (χ0v) is 13.0. The van der Waals surface area contributed by atoms with Crippen molar-refractivity contribution >= 4 is 0 Å². The molecule has 0 amide bonds. The second-order valence-corrected chi connectivity index (χ2v) is 5.69. The molecule has 0 fully saturated rings. The Bertz CT molecular complexity index is 716. The fraction of sp³-hybridized carbons (Fsp3) is 0.333. The highest BCUT2D eigenvalue weighted by Crippen LogP contribution is 2.36. The highest BCUT2D eigenvalue weighted by atomic mass is 16.7. The van der Waals surface area contributed by atoms with Gasteiger partial charge in [-0.1, -0.05) is 24.3 Å². The quantitative estimate of drug-likeness (QED) is 0.940. The van der Waals surface area contributed by atoms with E-state index >= 15 is 0 Å². The first-order valence-corrected chi connectivity index (χ1v) is 7.74. The molecule has 23 heavy (non-hydrogen) atoms. The number of nitrogens with one attached hydrogen (secondary N) is 1. The number of para-hydroxylation sites is 2. The Morgan fingerprint density at radius 2 is 2.00 bits per heavy atom. The lowest BCUT2D eigenvalue weighted by Crippen LogP contribution is -2.39. The van der Waals surface area contributed by atoms with Crippen LogP contribution < -0.4 is 24.3 Å². The number of hydrogen-bond acceptors (Lipinski definition) is 5. The van der Waals surface area contributed by atoms with Crippen LogP contribution in [-0.2, 0) is 13.0 Å². The van der Waals surface area contributed by atoms with Gasteiger partial charge in [-0.25, -0.2) is 0 Å². The van der Waals surface area contributed by atoms with Crippen molar-refractivity contribution in [1.29, 1.82) is 0 Å². The van der Waals surface area contributed by atoms with Crippen molar-refractivity contribution < 1.29 is 18.9 Å². The molecule has 2 heterocycles. The highest BCUT2D eigenvalue weighted by molar-refractivity contribution is 5.49. The molecule has 2 aliphatic heterocycles. The predicted octanol–water partition coefficient (Wildman–Crippen LogP) is 2.52. The summed E-state index contributed by atoms with van der Waals surface area (Å²) in [5.74, 6) is 3.33. The maximum absolute atomic E-state index is 5.90. The van der Waals surface area contributed by atoms with Gasteiger partial charge < -0.3 is 24.3 Å². The number of hydrogen-bond donors (Lipinski definition) is 1. The molecule has 0 bridgehead atoms. The molecule has 2 aliphatic rings. The van der Waals surface area contributed by atoms with Gasteiger partial charge in [-0.3, -0.25) is 0 Å². The SMILES string of the molecule is COc1cccc2c1OC[C@@H](NCc1cccc3c1OCO3)C2. The smallest absolute Gasteiger partial charge is 0.231 e. The van der Waals surface area contributed by atoms with Crippen LogP contribution in [0, 0.1) is 0 Å². The maximum Gasteiger partial charge on any atom is 0.231 e. The van der Waals surface area contributed by atoms with Crippen LogP contribution in [0.3, 0.4) is 0 Å². The van der Waals surface area contributed by atoms with Crippen LogP contribution in [0.1, 0.15) is 11.1 Å². The van der Waals surface area contributed by atoms with Gasteiger partial charge in [-0.2, -0.15) is 0 Å². The molecular formula is C18H19NO4. The third-order valence-electron chi connectivity index (χ3n) is 4.23. The summed E-state index contributed by atoms with van der Waals surface area (Å²) in [5.41, 5.74) is 2.28. The van der Waals surface area contributed by atoms with Gasteiger partial charge in [0.15, 0.2) is 23.0 Å². The molecular weight excluding hydrogens is 294 g/mol. The molecule has 0 aromatic heterocycles. The monoisotopic (exact) mass is 313 g/mol. The molecule has 0 saturated heterocycles. The third-order valence-corrected chi connectivity index (χ3v) is 4.23. The van der Waals surface area contributed by atoms with Gasteiger partial charge in [0, 0.05) is 18.2 Å². The summed E-state index contributed by atoms with van der Waals surface area (Å²) in [4.78, 5) is 0. The van der Waals surface area contributed by atoms with Gasteiger partial charge >= 0.3 is 0 Å². The summed E-state index contributed by atoms with van der Waals surface area (Å²) in [6, 6.07) is 12.2. The first kappa shape index (κ1) is 14.2. The van der Waals surface area contributed by atoms with Crippen molar-refractivity contribution in [2.24, 2.45) is 0 Å². The zero-order valence-electron chi connectivity index (χ0n) is 13.0. The second kappa shape index (κ2) is 6.01. The molecule has 2 aromatic carbocycles. The van der Waals surface area contributed by atoms with E-state index in [4.69, 9.17) is 18.9 Å². The third kappa shape index (κ3) is 2.68. The molecule has 5 heteroatoms. The predicted molar refractivity (Wildman–Crippen MR) is 85.4 cm³/mol. The summed E-state index contributed by atoms with van der Waals surface area (Å²) in [5, 5.41) is 3.54. The topological polar surface area (TPSA) is 49.0 Å². The van der Waals surface area contributed by atoms with Crippen LogP contribution in [0.5, 0.6) is 23.0 Å². The Morgan fingerprint density at radius 1 is 1.09 bits per heavy atom. The lowest BCUT2D eigenvalue weighted by atomic mass is 10.0. The normalized spacial score (nSPS) is 18.2. The summed E-state index contributed by atoms with van der Waals surface area (Å²) >= 11 is 0. The molecule has 4 rings (SSSR count). The molecule has 1 N–H and O–H groups in total. The summed E-state index contributed by atoms with van der Waals surface area (Å²) < 4.78 is 22.2. The van der Waals surface area contributed by atoms with Crippen molar-refractivity contribution in [3.8, 4) is 23.0 Å². The molecule has 0 radical (unpaired) electrons. The summed E-state index contributed by atoms with van der Waals surface area (Å²) in [7, 11) is 1.67. The van der Waals surface area contributed by atoms with Crippen LogP contribution in [0.25, 0.3) is 0 Å². The minimum Gasteiger partial charge on any atom is -0.493 e. The Balaban J connectivity index is 1.44.